The number of nitrogens with two attached hydrogens (primary N) is 1. The van der Waals surface area contributed by atoms with Crippen molar-refractivity contribution in [1.82, 2.24) is 4.98 Å². The van der Waals surface area contributed by atoms with Gasteiger partial charge in [0.25, 0.3) is 5.91 Å². The van der Waals surface area contributed by atoms with Crippen LogP contribution in [0.4, 0.5) is 5.69 Å². The van der Waals surface area contributed by atoms with Gasteiger partial charge in [-0.2, -0.15) is 5.26 Å². The van der Waals surface area contributed by atoms with Crippen molar-refractivity contribution >= 4 is 11.6 Å². The van der Waals surface area contributed by atoms with Gasteiger partial charge in [0.1, 0.15) is 5.69 Å². The summed E-state index contributed by atoms with van der Waals surface area (Å²) in [6, 6.07) is 5.53. The van der Waals surface area contributed by atoms with Gasteiger partial charge in [0.15, 0.2) is 0 Å². The van der Waals surface area contributed by atoms with Gasteiger partial charge in [0.2, 0.25) is 0 Å². The maximum atomic E-state index is 11.0. The highest BCUT2D eigenvalue weighted by atomic mass is 16.1. The summed E-state index contributed by atoms with van der Waals surface area (Å²) in [5.41, 5.74) is 6.26. The predicted octanol–water partition coefficient (Wildman–Crippen LogP) is 0.920. The van der Waals surface area contributed by atoms with Crippen molar-refractivity contribution in [3.8, 4) is 6.07 Å². The summed E-state index contributed by atoms with van der Waals surface area (Å²) < 4.78 is 0. The van der Waals surface area contributed by atoms with E-state index in [2.05, 4.69) is 11.1 Å². The molecular weight excluding hydrogens is 204 g/mol. The summed E-state index contributed by atoms with van der Waals surface area (Å²) >= 11 is 0. The minimum atomic E-state index is -0.543. The molecule has 1 aromatic rings. The van der Waals surface area contributed by atoms with Crippen LogP contribution in [0.15, 0.2) is 18.3 Å². The van der Waals surface area contributed by atoms with Crippen molar-refractivity contribution in [3.63, 3.8) is 0 Å². The molecule has 1 aromatic heterocycles. The van der Waals surface area contributed by atoms with Crippen LogP contribution in [-0.2, 0) is 0 Å². The Balaban J connectivity index is 2.88. The summed E-state index contributed by atoms with van der Waals surface area (Å²) in [5.74, 6) is -0.543. The van der Waals surface area contributed by atoms with E-state index in [4.69, 9.17) is 11.0 Å². The number of carbonyl (C=O) groups excluding carboxylic acids is 1. The Morgan fingerprint density at radius 2 is 2.44 bits per heavy atom. The average molecular weight is 218 g/mol. The SMILES string of the molecule is CCN(CCC#N)c1ccnc(C(N)=O)c1. The lowest BCUT2D eigenvalue weighted by Crippen LogP contribution is -2.24. The van der Waals surface area contributed by atoms with E-state index in [1.165, 1.54) is 0 Å². The molecule has 0 aliphatic carbocycles. The molecule has 5 heteroatoms. The number of primary amides is 1. The minimum absolute atomic E-state index is 0.243. The van der Waals surface area contributed by atoms with Crippen molar-refractivity contribution < 1.29 is 4.79 Å². The lowest BCUT2D eigenvalue weighted by atomic mass is 10.2. The molecule has 0 saturated heterocycles. The first-order valence-corrected chi connectivity index (χ1v) is 5.06. The van der Waals surface area contributed by atoms with Gasteiger partial charge in [-0.15, -0.1) is 0 Å². The van der Waals surface area contributed by atoms with E-state index < -0.39 is 5.91 Å². The minimum Gasteiger partial charge on any atom is -0.371 e. The van der Waals surface area contributed by atoms with Gasteiger partial charge in [-0.05, 0) is 19.1 Å². The van der Waals surface area contributed by atoms with Crippen LogP contribution in [-0.4, -0.2) is 24.0 Å². The van der Waals surface area contributed by atoms with Crippen LogP contribution in [0.25, 0.3) is 0 Å². The van der Waals surface area contributed by atoms with Crippen LogP contribution in [0.3, 0.4) is 0 Å². The van der Waals surface area contributed by atoms with Crippen molar-refractivity contribution in [2.75, 3.05) is 18.0 Å². The molecule has 0 aromatic carbocycles. The number of hydrogen-bond acceptors (Lipinski definition) is 4. The van der Waals surface area contributed by atoms with Crippen molar-refractivity contribution in [2.24, 2.45) is 5.73 Å². The highest BCUT2D eigenvalue weighted by Crippen LogP contribution is 2.14. The first-order chi connectivity index (χ1) is 7.69. The number of rotatable bonds is 5. The maximum Gasteiger partial charge on any atom is 0.267 e. The number of aromatic nitrogens is 1. The third kappa shape index (κ3) is 2.95. The summed E-state index contributed by atoms with van der Waals surface area (Å²) in [6.07, 6.45) is 1.99. The molecule has 0 aliphatic rings. The third-order valence-corrected chi connectivity index (χ3v) is 2.24. The lowest BCUT2D eigenvalue weighted by Gasteiger charge is -2.21. The predicted molar refractivity (Wildman–Crippen MR) is 60.9 cm³/mol. The van der Waals surface area contributed by atoms with Gasteiger partial charge in [0.05, 0.1) is 12.5 Å². The molecule has 5 nitrogen and oxygen atoms in total. The smallest absolute Gasteiger partial charge is 0.267 e. The number of anilines is 1. The third-order valence-electron chi connectivity index (χ3n) is 2.24. The number of amides is 1. The fraction of sp³-hybridized carbons (Fsp3) is 0.364. The van der Waals surface area contributed by atoms with E-state index in [-0.39, 0.29) is 5.69 Å². The van der Waals surface area contributed by atoms with Gasteiger partial charge in [-0.25, -0.2) is 0 Å². The quantitative estimate of drug-likeness (QED) is 0.796. The van der Waals surface area contributed by atoms with Gasteiger partial charge in [0, 0.05) is 25.0 Å². The summed E-state index contributed by atoms with van der Waals surface area (Å²) in [6.45, 7) is 3.39. The van der Waals surface area contributed by atoms with E-state index in [0.29, 0.717) is 13.0 Å². The van der Waals surface area contributed by atoms with Gasteiger partial charge >= 0.3 is 0 Å². The second-order valence-electron chi connectivity index (χ2n) is 3.25. The Kier molecular flexibility index (Phi) is 4.28. The second-order valence-corrected chi connectivity index (χ2v) is 3.25. The van der Waals surface area contributed by atoms with Crippen LogP contribution < -0.4 is 10.6 Å². The molecule has 0 aliphatic heterocycles. The summed E-state index contributed by atoms with van der Waals surface area (Å²) in [5, 5.41) is 8.54. The molecule has 0 bridgehead atoms. The van der Waals surface area contributed by atoms with Crippen LogP contribution >= 0.6 is 0 Å². The van der Waals surface area contributed by atoms with Gasteiger partial charge < -0.3 is 10.6 Å². The standard InChI is InChI=1S/C11H14N4O/c1-2-15(7-3-5-12)9-4-6-14-10(8-9)11(13)16/h4,6,8H,2-3,7H2,1H3,(H2,13,16). The summed E-state index contributed by atoms with van der Waals surface area (Å²) in [7, 11) is 0. The van der Waals surface area contributed by atoms with Crippen molar-refractivity contribution in [2.45, 2.75) is 13.3 Å². The highest BCUT2D eigenvalue weighted by molar-refractivity contribution is 5.91. The number of carbonyl (C=O) groups is 1. The Labute approximate surface area is 94.5 Å². The van der Waals surface area contributed by atoms with Gasteiger partial charge in [-0.1, -0.05) is 0 Å². The number of nitrogens with zero attached hydrogens (tertiary/aromatic N) is 3. The van der Waals surface area contributed by atoms with Crippen LogP contribution in [0.5, 0.6) is 0 Å². The first-order valence-electron chi connectivity index (χ1n) is 5.06. The molecule has 16 heavy (non-hydrogen) atoms. The topological polar surface area (TPSA) is 83.0 Å². The Morgan fingerprint density at radius 1 is 1.69 bits per heavy atom. The molecule has 0 fully saturated rings. The molecule has 1 rings (SSSR count). The maximum absolute atomic E-state index is 11.0. The molecule has 84 valence electrons. The van der Waals surface area contributed by atoms with Crippen LogP contribution in [0.1, 0.15) is 23.8 Å². The van der Waals surface area contributed by atoms with Crippen molar-refractivity contribution in [3.05, 3.63) is 24.0 Å². The van der Waals surface area contributed by atoms with E-state index in [1.54, 1.807) is 18.3 Å². The lowest BCUT2D eigenvalue weighted by molar-refractivity contribution is 0.0995. The zero-order valence-corrected chi connectivity index (χ0v) is 9.18. The van der Waals surface area contributed by atoms with Crippen LogP contribution in [0.2, 0.25) is 0 Å². The molecule has 0 spiro atoms. The monoisotopic (exact) mass is 218 g/mol. The zero-order valence-electron chi connectivity index (χ0n) is 9.18. The van der Waals surface area contributed by atoms with E-state index in [9.17, 15) is 4.79 Å². The first kappa shape index (κ1) is 12.0. The van der Waals surface area contributed by atoms with Crippen LogP contribution in [0, 0.1) is 11.3 Å². The molecule has 0 atom stereocenters. The Hall–Kier alpha value is -2.09. The number of nitriles is 1. The Bertz CT molecular complexity index is 411. The highest BCUT2D eigenvalue weighted by Gasteiger charge is 2.07. The largest absolute Gasteiger partial charge is 0.371 e. The number of hydrogen-bond donors (Lipinski definition) is 1. The normalized spacial score (nSPS) is 9.50. The molecule has 0 unspecified atom stereocenters. The fourth-order valence-corrected chi connectivity index (χ4v) is 1.41. The fourth-order valence-electron chi connectivity index (χ4n) is 1.41. The van der Waals surface area contributed by atoms with E-state index in [1.807, 2.05) is 11.8 Å². The molecular formula is C11H14N4O. The molecule has 1 amide bonds. The van der Waals surface area contributed by atoms with Gasteiger partial charge in [-0.3, -0.25) is 9.78 Å². The zero-order chi connectivity index (χ0) is 12.0. The molecule has 0 saturated carbocycles. The van der Waals surface area contributed by atoms with E-state index in [0.717, 1.165) is 12.2 Å². The molecule has 2 N–H and O–H groups in total. The molecule has 1 heterocycles. The van der Waals surface area contributed by atoms with Crippen molar-refractivity contribution in [1.29, 1.82) is 5.26 Å². The van der Waals surface area contributed by atoms with E-state index >= 15 is 0 Å². The summed E-state index contributed by atoms with van der Waals surface area (Å²) in [4.78, 5) is 16.8. The average Bonchev–Trinajstić information content (AvgIpc) is 2.30. The number of pyridine rings is 1. The second kappa shape index (κ2) is 5.71. The molecule has 0 radical (unpaired) electrons. The Morgan fingerprint density at radius 3 is 3.00 bits per heavy atom.